The summed E-state index contributed by atoms with van der Waals surface area (Å²) < 4.78 is 0. The number of hydrogen-bond donors (Lipinski definition) is 0. The molecule has 0 N–H and O–H groups in total. The minimum Gasteiger partial charge on any atom is -0.339 e. The van der Waals surface area contributed by atoms with Crippen molar-refractivity contribution in [1.29, 1.82) is 5.26 Å². The third kappa shape index (κ3) is 1.88. The van der Waals surface area contributed by atoms with E-state index in [2.05, 4.69) is 61.4 Å². The van der Waals surface area contributed by atoms with E-state index in [4.69, 9.17) is 0 Å². The lowest BCUT2D eigenvalue weighted by atomic mass is 10.0. The van der Waals surface area contributed by atoms with Gasteiger partial charge in [-0.15, -0.1) is 0 Å². The fourth-order valence-corrected chi connectivity index (χ4v) is 3.01. The first-order valence-electron chi connectivity index (χ1n) is 6.54. The Kier molecular flexibility index (Phi) is 2.76. The third-order valence-electron chi connectivity index (χ3n) is 3.76. The Hall–Kier alpha value is -2.27. The Morgan fingerprint density at radius 3 is 2.63 bits per heavy atom. The molecule has 0 fully saturated rings. The van der Waals surface area contributed by atoms with Gasteiger partial charge in [0, 0.05) is 12.6 Å². The van der Waals surface area contributed by atoms with Gasteiger partial charge in [-0.1, -0.05) is 36.4 Å². The topological polar surface area (TPSA) is 27.0 Å². The molecule has 94 valence electrons. The molecule has 0 radical (unpaired) electrons. The largest absolute Gasteiger partial charge is 0.339 e. The van der Waals surface area contributed by atoms with Gasteiger partial charge in [-0.25, -0.2) is 0 Å². The van der Waals surface area contributed by atoms with E-state index in [1.807, 2.05) is 6.07 Å². The molecule has 0 bridgehead atoms. The van der Waals surface area contributed by atoms with Gasteiger partial charge >= 0.3 is 0 Å². The van der Waals surface area contributed by atoms with Crippen LogP contribution < -0.4 is 0 Å². The van der Waals surface area contributed by atoms with Gasteiger partial charge < -0.3 is 4.90 Å². The van der Waals surface area contributed by atoms with Crippen molar-refractivity contribution in [2.24, 2.45) is 0 Å². The van der Waals surface area contributed by atoms with Crippen LogP contribution in [0.3, 0.4) is 0 Å². The lowest BCUT2D eigenvalue weighted by Gasteiger charge is -2.30. The van der Waals surface area contributed by atoms with Crippen molar-refractivity contribution in [2.45, 2.75) is 26.3 Å². The Balaban J connectivity index is 2.07. The van der Waals surface area contributed by atoms with E-state index in [0.29, 0.717) is 0 Å². The standard InChI is InChI=1S/C17H16N2/c1-12-8-13(2)17-15(10-18)9-16(19(17)11-12)14-6-4-3-5-7-14/h3-8,11,16H,9H2,1-2H3. The summed E-state index contributed by atoms with van der Waals surface area (Å²) in [7, 11) is 0. The summed E-state index contributed by atoms with van der Waals surface area (Å²) in [6.45, 7) is 4.19. The van der Waals surface area contributed by atoms with Crippen molar-refractivity contribution in [3.05, 3.63) is 70.6 Å². The molecular weight excluding hydrogens is 232 g/mol. The monoisotopic (exact) mass is 248 g/mol. The fraction of sp³-hybridized carbons (Fsp3) is 0.235. The lowest BCUT2D eigenvalue weighted by molar-refractivity contribution is 0.381. The molecule has 0 saturated carbocycles. The van der Waals surface area contributed by atoms with Gasteiger partial charge in [-0.3, -0.25) is 0 Å². The zero-order valence-electron chi connectivity index (χ0n) is 11.2. The normalized spacial score (nSPS) is 21.7. The zero-order chi connectivity index (χ0) is 13.4. The first-order chi connectivity index (χ1) is 9.20. The molecule has 2 heterocycles. The molecule has 0 aliphatic carbocycles. The lowest BCUT2D eigenvalue weighted by Crippen LogP contribution is -2.21. The van der Waals surface area contributed by atoms with E-state index in [1.54, 1.807) is 0 Å². The molecule has 3 rings (SSSR count). The molecule has 1 unspecified atom stereocenters. The molecule has 2 nitrogen and oxygen atoms in total. The number of nitrogens with zero attached hydrogens (tertiary/aromatic N) is 2. The maximum absolute atomic E-state index is 9.37. The molecule has 19 heavy (non-hydrogen) atoms. The van der Waals surface area contributed by atoms with Gasteiger partial charge in [0.2, 0.25) is 0 Å². The van der Waals surface area contributed by atoms with Crippen LogP contribution in [0.1, 0.15) is 31.9 Å². The molecule has 0 spiro atoms. The Labute approximate surface area is 114 Å². The maximum Gasteiger partial charge on any atom is 0.0970 e. The van der Waals surface area contributed by atoms with Crippen molar-refractivity contribution in [3.8, 4) is 6.07 Å². The highest BCUT2D eigenvalue weighted by Gasteiger charge is 2.33. The highest BCUT2D eigenvalue weighted by molar-refractivity contribution is 5.51. The van der Waals surface area contributed by atoms with Crippen LogP contribution in [-0.2, 0) is 0 Å². The van der Waals surface area contributed by atoms with E-state index < -0.39 is 0 Å². The SMILES string of the molecule is CC1=CN2C(=C(C#N)CC2c2ccccc2)C(C)=C1. The molecule has 1 aromatic rings. The summed E-state index contributed by atoms with van der Waals surface area (Å²) in [5.41, 5.74) is 5.69. The summed E-state index contributed by atoms with van der Waals surface area (Å²) in [4.78, 5) is 2.26. The average molecular weight is 248 g/mol. The molecule has 0 amide bonds. The predicted octanol–water partition coefficient (Wildman–Crippen LogP) is 4.07. The third-order valence-corrected chi connectivity index (χ3v) is 3.76. The molecular formula is C17H16N2. The quantitative estimate of drug-likeness (QED) is 0.749. The first kappa shape index (κ1) is 11.8. The van der Waals surface area contributed by atoms with Crippen molar-refractivity contribution >= 4 is 0 Å². The molecule has 2 aliphatic heterocycles. The number of allylic oxidation sites excluding steroid dienone is 3. The van der Waals surface area contributed by atoms with Crippen molar-refractivity contribution in [2.75, 3.05) is 0 Å². The molecule has 2 heteroatoms. The number of rotatable bonds is 1. The second kappa shape index (κ2) is 4.44. The summed E-state index contributed by atoms with van der Waals surface area (Å²) >= 11 is 0. The van der Waals surface area contributed by atoms with Crippen molar-refractivity contribution in [1.82, 2.24) is 4.90 Å². The van der Waals surface area contributed by atoms with Crippen LogP contribution in [-0.4, -0.2) is 4.90 Å². The van der Waals surface area contributed by atoms with Gasteiger partial charge in [0.15, 0.2) is 0 Å². The van der Waals surface area contributed by atoms with Crippen LogP contribution in [0.15, 0.2) is 65.0 Å². The molecule has 0 aromatic heterocycles. The average Bonchev–Trinajstić information content (AvgIpc) is 2.78. The van der Waals surface area contributed by atoms with Crippen LogP contribution in [0.25, 0.3) is 0 Å². The van der Waals surface area contributed by atoms with Crippen LogP contribution in [0, 0.1) is 11.3 Å². The number of nitriles is 1. The van der Waals surface area contributed by atoms with E-state index in [1.165, 1.54) is 16.7 Å². The van der Waals surface area contributed by atoms with E-state index in [9.17, 15) is 5.26 Å². The highest BCUT2D eigenvalue weighted by atomic mass is 15.2. The second-order valence-electron chi connectivity index (χ2n) is 5.18. The van der Waals surface area contributed by atoms with Gasteiger partial charge in [-0.05, 0) is 30.6 Å². The number of fused-ring (bicyclic) bond motifs is 1. The van der Waals surface area contributed by atoms with Crippen molar-refractivity contribution < 1.29 is 0 Å². The molecule has 1 aromatic carbocycles. The Morgan fingerprint density at radius 1 is 1.21 bits per heavy atom. The van der Waals surface area contributed by atoms with Gasteiger partial charge in [0.1, 0.15) is 0 Å². The van der Waals surface area contributed by atoms with Crippen LogP contribution in [0.4, 0.5) is 0 Å². The van der Waals surface area contributed by atoms with Gasteiger partial charge in [0.05, 0.1) is 23.4 Å². The number of hydrogen-bond acceptors (Lipinski definition) is 2. The minimum absolute atomic E-state index is 0.254. The van der Waals surface area contributed by atoms with E-state index >= 15 is 0 Å². The van der Waals surface area contributed by atoms with Gasteiger partial charge in [-0.2, -0.15) is 5.26 Å². The number of benzene rings is 1. The van der Waals surface area contributed by atoms with E-state index in [-0.39, 0.29) is 6.04 Å². The Bertz CT molecular complexity index is 642. The minimum atomic E-state index is 0.254. The summed E-state index contributed by atoms with van der Waals surface area (Å²) in [6, 6.07) is 13.1. The molecule has 0 saturated heterocycles. The van der Waals surface area contributed by atoms with Crippen LogP contribution in [0.2, 0.25) is 0 Å². The first-order valence-corrected chi connectivity index (χ1v) is 6.54. The van der Waals surface area contributed by atoms with Gasteiger partial charge in [0.25, 0.3) is 0 Å². The van der Waals surface area contributed by atoms with E-state index in [0.717, 1.165) is 17.7 Å². The smallest absolute Gasteiger partial charge is 0.0970 e. The molecule has 2 aliphatic rings. The fourth-order valence-electron chi connectivity index (χ4n) is 3.01. The zero-order valence-corrected chi connectivity index (χ0v) is 11.2. The Morgan fingerprint density at radius 2 is 1.95 bits per heavy atom. The van der Waals surface area contributed by atoms with Crippen LogP contribution >= 0.6 is 0 Å². The van der Waals surface area contributed by atoms with Crippen molar-refractivity contribution in [3.63, 3.8) is 0 Å². The summed E-state index contributed by atoms with van der Waals surface area (Å²) in [6.07, 6.45) is 5.10. The summed E-state index contributed by atoms with van der Waals surface area (Å²) in [5, 5.41) is 9.37. The predicted molar refractivity (Wildman–Crippen MR) is 75.8 cm³/mol. The maximum atomic E-state index is 9.37. The molecule has 1 atom stereocenters. The summed E-state index contributed by atoms with van der Waals surface area (Å²) in [5.74, 6) is 0. The van der Waals surface area contributed by atoms with Crippen LogP contribution in [0.5, 0.6) is 0 Å². The second-order valence-corrected chi connectivity index (χ2v) is 5.18. The highest BCUT2D eigenvalue weighted by Crippen LogP contribution is 2.44.